The van der Waals surface area contributed by atoms with Gasteiger partial charge < -0.3 is 15.6 Å². The lowest BCUT2D eigenvalue weighted by atomic mass is 9.90. The van der Waals surface area contributed by atoms with E-state index in [1.807, 2.05) is 24.3 Å². The molecule has 30 heavy (non-hydrogen) atoms. The van der Waals surface area contributed by atoms with Crippen LogP contribution in [-0.2, 0) is 4.79 Å². The number of fused-ring (bicyclic) bond motifs is 1. The van der Waals surface area contributed by atoms with E-state index in [4.69, 9.17) is 11.6 Å². The number of H-pyrrole nitrogens is 1. The highest BCUT2D eigenvalue weighted by Crippen LogP contribution is 2.22. The number of carbonyl (C=O) groups excluding carboxylic acids is 2. The molecule has 1 fully saturated rings. The number of pyridine rings is 1. The molecule has 6 nitrogen and oxygen atoms in total. The van der Waals surface area contributed by atoms with E-state index in [0.717, 1.165) is 42.1 Å². The fraction of sp³-hybridized carbons (Fsp3) is 0.261. The number of nitrogens with one attached hydrogen (secondary N) is 3. The van der Waals surface area contributed by atoms with Gasteiger partial charge in [-0.15, -0.1) is 0 Å². The average molecular weight is 423 g/mol. The highest BCUT2D eigenvalue weighted by atomic mass is 35.5. The first-order valence-corrected chi connectivity index (χ1v) is 10.4. The summed E-state index contributed by atoms with van der Waals surface area (Å²) in [7, 11) is 0. The van der Waals surface area contributed by atoms with Crippen LogP contribution in [0.2, 0.25) is 5.02 Å². The molecule has 1 saturated carbocycles. The number of amides is 2. The van der Waals surface area contributed by atoms with E-state index in [9.17, 15) is 9.59 Å². The Hall–Kier alpha value is -3.12. The fourth-order valence-electron chi connectivity index (χ4n) is 3.83. The number of rotatable bonds is 5. The van der Waals surface area contributed by atoms with Crippen molar-refractivity contribution in [3.63, 3.8) is 0 Å². The monoisotopic (exact) mass is 422 g/mol. The molecule has 2 aromatic heterocycles. The summed E-state index contributed by atoms with van der Waals surface area (Å²) < 4.78 is 0. The zero-order valence-corrected chi connectivity index (χ0v) is 17.2. The van der Waals surface area contributed by atoms with Crippen LogP contribution in [0.3, 0.4) is 0 Å². The summed E-state index contributed by atoms with van der Waals surface area (Å²) in [6.07, 6.45) is 10.3. The molecule has 3 aromatic rings. The molecule has 0 radical (unpaired) electrons. The van der Waals surface area contributed by atoms with Crippen molar-refractivity contribution in [2.24, 2.45) is 0 Å². The molecular formula is C23H23ClN4O2. The van der Waals surface area contributed by atoms with Gasteiger partial charge in [-0.25, -0.2) is 0 Å². The molecule has 0 spiro atoms. The van der Waals surface area contributed by atoms with Crippen molar-refractivity contribution < 1.29 is 9.59 Å². The van der Waals surface area contributed by atoms with Gasteiger partial charge in [-0.2, -0.15) is 0 Å². The summed E-state index contributed by atoms with van der Waals surface area (Å²) in [6, 6.07) is 10.7. The first-order valence-electron chi connectivity index (χ1n) is 10.1. The van der Waals surface area contributed by atoms with Gasteiger partial charge in [-0.1, -0.05) is 24.4 Å². The maximum Gasteiger partial charge on any atom is 0.268 e. The first kappa shape index (κ1) is 20.2. The third-order valence-electron chi connectivity index (χ3n) is 5.37. The Bertz CT molecular complexity index is 1080. The van der Waals surface area contributed by atoms with E-state index >= 15 is 0 Å². The minimum Gasteiger partial charge on any atom is -0.351 e. The molecular weight excluding hydrogens is 400 g/mol. The predicted molar refractivity (Wildman–Crippen MR) is 118 cm³/mol. The van der Waals surface area contributed by atoms with Crippen molar-refractivity contribution in [1.82, 2.24) is 20.6 Å². The van der Waals surface area contributed by atoms with Crippen LogP contribution >= 0.6 is 11.6 Å². The molecule has 3 N–H and O–H groups in total. The van der Waals surface area contributed by atoms with Gasteiger partial charge in [0.15, 0.2) is 0 Å². The van der Waals surface area contributed by atoms with E-state index in [0.29, 0.717) is 10.7 Å². The fourth-order valence-corrected chi connectivity index (χ4v) is 4.01. The Morgan fingerprint density at radius 2 is 1.77 bits per heavy atom. The lowest BCUT2D eigenvalue weighted by Crippen LogP contribution is -2.53. The Kier molecular flexibility index (Phi) is 6.14. The minimum atomic E-state index is -0.180. The van der Waals surface area contributed by atoms with Gasteiger partial charge in [0.05, 0.1) is 0 Å². The second-order valence-electron chi connectivity index (χ2n) is 7.51. The Labute approximate surface area is 179 Å². The highest BCUT2D eigenvalue weighted by molar-refractivity contribution is 6.31. The predicted octanol–water partition coefficient (Wildman–Crippen LogP) is 4.09. The summed E-state index contributed by atoms with van der Waals surface area (Å²) in [5.74, 6) is -0.348. The zero-order chi connectivity index (χ0) is 20.9. The molecule has 7 heteroatoms. The molecule has 1 aromatic carbocycles. The standard InChI is InChI=1S/C23H23ClN4O2/c24-17-6-7-18-16(13-17)14-21(26-18)23(30)28-20-4-2-1-3-19(20)27-22(29)8-5-15-9-11-25-12-10-15/h5-14,19-20,26H,1-4H2,(H,27,29)(H,28,30)/t19-,20+/m0/s1. The Balaban J connectivity index is 1.40. The molecule has 1 aliphatic rings. The van der Waals surface area contributed by atoms with Crippen LogP contribution in [0.15, 0.2) is 54.9 Å². The van der Waals surface area contributed by atoms with Crippen molar-refractivity contribution in [3.05, 3.63) is 71.1 Å². The van der Waals surface area contributed by atoms with Crippen LogP contribution in [-0.4, -0.2) is 33.9 Å². The lowest BCUT2D eigenvalue weighted by Gasteiger charge is -2.32. The summed E-state index contributed by atoms with van der Waals surface area (Å²) in [5.41, 5.74) is 2.26. The summed E-state index contributed by atoms with van der Waals surface area (Å²) in [6.45, 7) is 0. The highest BCUT2D eigenvalue weighted by Gasteiger charge is 2.28. The maximum atomic E-state index is 12.8. The van der Waals surface area contributed by atoms with Crippen LogP contribution in [0.4, 0.5) is 0 Å². The van der Waals surface area contributed by atoms with Gasteiger partial charge in [-0.05, 0) is 60.9 Å². The van der Waals surface area contributed by atoms with Gasteiger partial charge >= 0.3 is 0 Å². The smallest absolute Gasteiger partial charge is 0.268 e. The molecule has 2 amide bonds. The number of benzene rings is 1. The Morgan fingerprint density at radius 3 is 2.53 bits per heavy atom. The van der Waals surface area contributed by atoms with Gasteiger partial charge in [0.2, 0.25) is 5.91 Å². The number of nitrogens with zero attached hydrogens (tertiary/aromatic N) is 1. The second kappa shape index (κ2) is 9.13. The van der Waals surface area contributed by atoms with Crippen LogP contribution in [0.1, 0.15) is 41.7 Å². The minimum absolute atomic E-state index is 0.101. The van der Waals surface area contributed by atoms with Crippen molar-refractivity contribution >= 4 is 40.4 Å². The molecule has 154 valence electrons. The zero-order valence-electron chi connectivity index (χ0n) is 16.4. The van der Waals surface area contributed by atoms with Crippen LogP contribution in [0.25, 0.3) is 17.0 Å². The van der Waals surface area contributed by atoms with Crippen molar-refractivity contribution in [3.8, 4) is 0 Å². The molecule has 0 aliphatic heterocycles. The third-order valence-corrected chi connectivity index (χ3v) is 5.61. The van der Waals surface area contributed by atoms with Gasteiger partial charge in [-0.3, -0.25) is 14.6 Å². The van der Waals surface area contributed by atoms with E-state index in [-0.39, 0.29) is 23.9 Å². The average Bonchev–Trinajstić information content (AvgIpc) is 3.18. The van der Waals surface area contributed by atoms with Gasteiger partial charge in [0.1, 0.15) is 5.69 Å². The number of halogens is 1. The van der Waals surface area contributed by atoms with Crippen LogP contribution in [0, 0.1) is 0 Å². The van der Waals surface area contributed by atoms with Crippen LogP contribution in [0.5, 0.6) is 0 Å². The summed E-state index contributed by atoms with van der Waals surface area (Å²) in [5, 5.41) is 7.66. The molecule has 0 unspecified atom stereocenters. The number of hydrogen-bond acceptors (Lipinski definition) is 3. The number of aromatic amines is 1. The van der Waals surface area contributed by atoms with Crippen molar-refractivity contribution in [1.29, 1.82) is 0 Å². The third kappa shape index (κ3) is 4.89. The number of hydrogen-bond donors (Lipinski definition) is 3. The number of carbonyl (C=O) groups is 2. The van der Waals surface area contributed by atoms with E-state index in [2.05, 4.69) is 20.6 Å². The topological polar surface area (TPSA) is 86.9 Å². The van der Waals surface area contributed by atoms with Gasteiger partial charge in [0, 0.05) is 46.5 Å². The molecule has 0 bridgehead atoms. The quantitative estimate of drug-likeness (QED) is 0.541. The molecule has 2 atom stereocenters. The summed E-state index contributed by atoms with van der Waals surface area (Å²) in [4.78, 5) is 32.3. The van der Waals surface area contributed by atoms with Crippen molar-refractivity contribution in [2.45, 2.75) is 37.8 Å². The lowest BCUT2D eigenvalue weighted by molar-refractivity contribution is -0.117. The largest absolute Gasteiger partial charge is 0.351 e. The molecule has 2 heterocycles. The molecule has 4 rings (SSSR count). The van der Waals surface area contributed by atoms with E-state index < -0.39 is 0 Å². The van der Waals surface area contributed by atoms with Gasteiger partial charge in [0.25, 0.3) is 5.91 Å². The maximum absolute atomic E-state index is 12.8. The SMILES string of the molecule is O=C(C=Cc1ccncc1)N[C@H]1CCCC[C@H]1NC(=O)c1cc2cc(Cl)ccc2[nH]1. The number of aromatic nitrogens is 2. The first-order chi connectivity index (χ1) is 14.6. The second-order valence-corrected chi connectivity index (χ2v) is 7.94. The van der Waals surface area contributed by atoms with Crippen molar-refractivity contribution in [2.75, 3.05) is 0 Å². The van der Waals surface area contributed by atoms with Crippen LogP contribution < -0.4 is 10.6 Å². The normalized spacial score (nSPS) is 19.1. The molecule has 1 aliphatic carbocycles. The summed E-state index contributed by atoms with van der Waals surface area (Å²) >= 11 is 6.03. The van der Waals surface area contributed by atoms with E-state index in [1.54, 1.807) is 30.6 Å². The molecule has 0 saturated heterocycles. The Morgan fingerprint density at radius 1 is 1.03 bits per heavy atom. The van der Waals surface area contributed by atoms with E-state index in [1.165, 1.54) is 6.08 Å².